The van der Waals surface area contributed by atoms with Crippen LogP contribution in [0.5, 0.6) is 0 Å². The van der Waals surface area contributed by atoms with Gasteiger partial charge in [-0.1, -0.05) is 12.8 Å². The Hall–Kier alpha value is -0.0400. The molecule has 0 aromatic rings. The summed E-state index contributed by atoms with van der Waals surface area (Å²) in [5, 5.41) is 3.80. The standard InChI is InChI=1S/C11H19N/c1-6-11(12-7-1,10-4-5-10)8-9-2-3-9/h9-10,12H,1-8H2. The Morgan fingerprint density at radius 1 is 1.17 bits per heavy atom. The van der Waals surface area contributed by atoms with Crippen LogP contribution in [-0.4, -0.2) is 12.1 Å². The highest BCUT2D eigenvalue weighted by molar-refractivity contribution is 5.06. The van der Waals surface area contributed by atoms with Gasteiger partial charge in [-0.3, -0.25) is 0 Å². The quantitative estimate of drug-likeness (QED) is 0.676. The molecule has 68 valence electrons. The Bertz CT molecular complexity index is 173. The number of nitrogens with one attached hydrogen (secondary N) is 1. The van der Waals surface area contributed by atoms with Crippen molar-refractivity contribution in [1.82, 2.24) is 5.32 Å². The van der Waals surface area contributed by atoms with Gasteiger partial charge in [-0.15, -0.1) is 0 Å². The van der Waals surface area contributed by atoms with E-state index in [1.807, 2.05) is 0 Å². The Labute approximate surface area is 74.9 Å². The summed E-state index contributed by atoms with van der Waals surface area (Å²) in [4.78, 5) is 0. The minimum Gasteiger partial charge on any atom is -0.311 e. The molecular formula is C11H19N. The van der Waals surface area contributed by atoms with Crippen molar-refractivity contribution in [2.75, 3.05) is 6.54 Å². The van der Waals surface area contributed by atoms with Crippen LogP contribution in [0.15, 0.2) is 0 Å². The molecule has 0 radical (unpaired) electrons. The molecule has 0 aromatic carbocycles. The molecule has 1 unspecified atom stereocenters. The maximum absolute atomic E-state index is 3.80. The molecule has 1 nitrogen and oxygen atoms in total. The van der Waals surface area contributed by atoms with Crippen molar-refractivity contribution in [1.29, 1.82) is 0 Å². The summed E-state index contributed by atoms with van der Waals surface area (Å²) in [6.07, 6.45) is 10.5. The highest BCUT2D eigenvalue weighted by atomic mass is 15.0. The second-order valence-corrected chi connectivity index (χ2v) is 5.11. The average molecular weight is 165 g/mol. The minimum absolute atomic E-state index is 0.640. The van der Waals surface area contributed by atoms with E-state index in [2.05, 4.69) is 5.32 Å². The van der Waals surface area contributed by atoms with Crippen LogP contribution in [0.25, 0.3) is 0 Å². The zero-order valence-electron chi connectivity index (χ0n) is 7.81. The summed E-state index contributed by atoms with van der Waals surface area (Å²) in [6, 6.07) is 0. The van der Waals surface area contributed by atoms with Gasteiger partial charge >= 0.3 is 0 Å². The molecule has 1 heteroatoms. The van der Waals surface area contributed by atoms with Crippen LogP contribution < -0.4 is 5.32 Å². The molecule has 1 heterocycles. The Balaban J connectivity index is 1.71. The van der Waals surface area contributed by atoms with Gasteiger partial charge in [-0.2, -0.15) is 0 Å². The number of hydrogen-bond acceptors (Lipinski definition) is 1. The monoisotopic (exact) mass is 165 g/mol. The largest absolute Gasteiger partial charge is 0.311 e. The van der Waals surface area contributed by atoms with E-state index in [4.69, 9.17) is 0 Å². The molecule has 1 atom stereocenters. The molecule has 2 saturated carbocycles. The van der Waals surface area contributed by atoms with E-state index in [9.17, 15) is 0 Å². The van der Waals surface area contributed by atoms with Crippen molar-refractivity contribution in [3.63, 3.8) is 0 Å². The Morgan fingerprint density at radius 2 is 2.00 bits per heavy atom. The summed E-state index contributed by atoms with van der Waals surface area (Å²) in [5.41, 5.74) is 0.640. The zero-order valence-corrected chi connectivity index (χ0v) is 7.81. The first-order valence-electron chi connectivity index (χ1n) is 5.64. The van der Waals surface area contributed by atoms with E-state index < -0.39 is 0 Å². The van der Waals surface area contributed by atoms with E-state index in [0.717, 1.165) is 11.8 Å². The van der Waals surface area contributed by atoms with Gasteiger partial charge in [0, 0.05) is 5.54 Å². The van der Waals surface area contributed by atoms with Crippen molar-refractivity contribution in [2.24, 2.45) is 11.8 Å². The summed E-state index contributed by atoms with van der Waals surface area (Å²) < 4.78 is 0. The van der Waals surface area contributed by atoms with Crippen molar-refractivity contribution in [3.8, 4) is 0 Å². The molecule has 1 aliphatic heterocycles. The number of rotatable bonds is 3. The van der Waals surface area contributed by atoms with E-state index >= 15 is 0 Å². The lowest BCUT2D eigenvalue weighted by molar-refractivity contribution is 0.287. The molecule has 3 fully saturated rings. The van der Waals surface area contributed by atoms with E-state index in [-0.39, 0.29) is 0 Å². The van der Waals surface area contributed by atoms with Crippen LogP contribution >= 0.6 is 0 Å². The van der Waals surface area contributed by atoms with E-state index in [0.29, 0.717) is 5.54 Å². The van der Waals surface area contributed by atoms with Crippen LogP contribution in [0.1, 0.15) is 44.9 Å². The topological polar surface area (TPSA) is 12.0 Å². The highest BCUT2D eigenvalue weighted by Gasteiger charge is 2.48. The Kier molecular flexibility index (Phi) is 1.52. The molecule has 1 N–H and O–H groups in total. The summed E-state index contributed by atoms with van der Waals surface area (Å²) in [5.74, 6) is 2.18. The SMILES string of the molecule is C1CNC(CC2CC2)(C2CC2)C1. The molecule has 2 aliphatic carbocycles. The van der Waals surface area contributed by atoms with E-state index in [1.54, 1.807) is 0 Å². The third-order valence-corrected chi connectivity index (χ3v) is 3.99. The molecular weight excluding hydrogens is 146 g/mol. The fourth-order valence-electron chi connectivity index (χ4n) is 2.99. The fraction of sp³-hybridized carbons (Fsp3) is 1.00. The van der Waals surface area contributed by atoms with Gasteiger partial charge in [0.2, 0.25) is 0 Å². The molecule has 3 aliphatic rings. The maximum atomic E-state index is 3.80. The van der Waals surface area contributed by atoms with Gasteiger partial charge in [0.15, 0.2) is 0 Å². The zero-order chi connectivity index (χ0) is 8.02. The first-order valence-corrected chi connectivity index (χ1v) is 5.64. The molecule has 0 amide bonds. The smallest absolute Gasteiger partial charge is 0.0212 e. The van der Waals surface area contributed by atoms with Crippen LogP contribution in [0.2, 0.25) is 0 Å². The predicted octanol–water partition coefficient (Wildman–Crippen LogP) is 2.32. The second kappa shape index (κ2) is 2.47. The molecule has 3 rings (SSSR count). The minimum atomic E-state index is 0.640. The van der Waals surface area contributed by atoms with Crippen LogP contribution in [0.3, 0.4) is 0 Å². The van der Waals surface area contributed by atoms with Crippen molar-refractivity contribution in [2.45, 2.75) is 50.5 Å². The third kappa shape index (κ3) is 1.19. The lowest BCUT2D eigenvalue weighted by Gasteiger charge is -2.29. The normalized spacial score (nSPS) is 42.0. The summed E-state index contributed by atoms with van der Waals surface area (Å²) in [7, 11) is 0. The van der Waals surface area contributed by atoms with Crippen molar-refractivity contribution >= 4 is 0 Å². The predicted molar refractivity (Wildman–Crippen MR) is 50.0 cm³/mol. The van der Waals surface area contributed by atoms with Crippen LogP contribution in [0, 0.1) is 11.8 Å². The van der Waals surface area contributed by atoms with Gasteiger partial charge in [0.1, 0.15) is 0 Å². The second-order valence-electron chi connectivity index (χ2n) is 5.11. The first kappa shape index (κ1) is 7.37. The lowest BCUT2D eigenvalue weighted by atomic mass is 9.86. The van der Waals surface area contributed by atoms with Gasteiger partial charge < -0.3 is 5.32 Å². The van der Waals surface area contributed by atoms with Crippen LogP contribution in [-0.2, 0) is 0 Å². The molecule has 0 aromatic heterocycles. The summed E-state index contributed by atoms with van der Waals surface area (Å²) >= 11 is 0. The van der Waals surface area contributed by atoms with Crippen molar-refractivity contribution in [3.05, 3.63) is 0 Å². The fourth-order valence-corrected chi connectivity index (χ4v) is 2.99. The maximum Gasteiger partial charge on any atom is 0.0212 e. The third-order valence-electron chi connectivity index (χ3n) is 3.99. The Morgan fingerprint density at radius 3 is 2.50 bits per heavy atom. The molecule has 0 bridgehead atoms. The lowest BCUT2D eigenvalue weighted by Crippen LogP contribution is -2.42. The van der Waals surface area contributed by atoms with E-state index in [1.165, 1.54) is 51.5 Å². The molecule has 12 heavy (non-hydrogen) atoms. The summed E-state index contributed by atoms with van der Waals surface area (Å²) in [6.45, 7) is 1.29. The highest BCUT2D eigenvalue weighted by Crippen LogP contribution is 2.50. The van der Waals surface area contributed by atoms with Crippen molar-refractivity contribution < 1.29 is 0 Å². The van der Waals surface area contributed by atoms with Gasteiger partial charge in [-0.25, -0.2) is 0 Å². The molecule has 1 saturated heterocycles. The van der Waals surface area contributed by atoms with Gasteiger partial charge in [0.25, 0.3) is 0 Å². The van der Waals surface area contributed by atoms with Crippen LogP contribution in [0.4, 0.5) is 0 Å². The number of hydrogen-bond donors (Lipinski definition) is 1. The van der Waals surface area contributed by atoms with Gasteiger partial charge in [0.05, 0.1) is 0 Å². The van der Waals surface area contributed by atoms with Gasteiger partial charge in [-0.05, 0) is 50.5 Å². The molecule has 0 spiro atoms. The first-order chi connectivity index (χ1) is 5.89. The average Bonchev–Trinajstić information content (AvgIpc) is 2.92.